The van der Waals surface area contributed by atoms with Crippen LogP contribution in [0.3, 0.4) is 0 Å². The number of nitrogens with zero attached hydrogens (tertiary/aromatic N) is 1. The van der Waals surface area contributed by atoms with Crippen LogP contribution in [0.4, 0.5) is 5.69 Å². The topological polar surface area (TPSA) is 75.7 Å². The van der Waals surface area contributed by atoms with Crippen molar-refractivity contribution in [3.05, 3.63) is 58.6 Å². The summed E-state index contributed by atoms with van der Waals surface area (Å²) in [4.78, 5) is 13.9. The number of nitrogens with one attached hydrogen (secondary N) is 1. The molecule has 0 fully saturated rings. The van der Waals surface area contributed by atoms with E-state index >= 15 is 0 Å². The molecule has 2 aromatic rings. The van der Waals surface area contributed by atoms with Crippen molar-refractivity contribution in [2.24, 2.45) is 0 Å². The van der Waals surface area contributed by atoms with Crippen LogP contribution in [0.2, 0.25) is 5.02 Å². The minimum atomic E-state index is -3.72. The molecule has 0 aliphatic carbocycles. The third-order valence-electron chi connectivity index (χ3n) is 4.59. The Morgan fingerprint density at radius 2 is 2.04 bits per heavy atom. The van der Waals surface area contributed by atoms with E-state index in [4.69, 9.17) is 16.3 Å². The maximum atomic E-state index is 12.7. The van der Waals surface area contributed by atoms with Gasteiger partial charge in [-0.1, -0.05) is 23.7 Å². The van der Waals surface area contributed by atoms with Crippen LogP contribution >= 0.6 is 11.6 Å². The van der Waals surface area contributed by atoms with Crippen LogP contribution in [0.15, 0.2) is 47.4 Å². The van der Waals surface area contributed by atoms with E-state index in [2.05, 4.69) is 9.62 Å². The van der Waals surface area contributed by atoms with Gasteiger partial charge >= 0.3 is 5.97 Å². The van der Waals surface area contributed by atoms with E-state index in [9.17, 15) is 13.2 Å². The van der Waals surface area contributed by atoms with Crippen LogP contribution < -0.4 is 4.72 Å². The van der Waals surface area contributed by atoms with Crippen LogP contribution in [0.5, 0.6) is 0 Å². The lowest BCUT2D eigenvalue weighted by atomic mass is 10.00. The number of sulfonamides is 1. The highest BCUT2D eigenvalue weighted by Gasteiger charge is 2.21. The predicted molar refractivity (Wildman–Crippen MR) is 109 cm³/mol. The Labute approximate surface area is 170 Å². The van der Waals surface area contributed by atoms with Crippen molar-refractivity contribution in [1.82, 2.24) is 4.90 Å². The third kappa shape index (κ3) is 5.25. The summed E-state index contributed by atoms with van der Waals surface area (Å²) < 4.78 is 33.0. The molecule has 150 valence electrons. The molecule has 1 heterocycles. The molecule has 28 heavy (non-hydrogen) atoms. The van der Waals surface area contributed by atoms with Gasteiger partial charge in [0.2, 0.25) is 0 Å². The minimum absolute atomic E-state index is 0.207. The molecule has 3 rings (SSSR count). The van der Waals surface area contributed by atoms with Gasteiger partial charge in [-0.05, 0) is 54.8 Å². The summed E-state index contributed by atoms with van der Waals surface area (Å²) in [6.07, 6.45) is 1.15. The fraction of sp³-hybridized carbons (Fsp3) is 0.350. The summed E-state index contributed by atoms with van der Waals surface area (Å²) in [5.74, 6) is -0.213. The second-order valence-electron chi connectivity index (χ2n) is 6.63. The number of carbonyl (C=O) groups excluding carboxylic acids is 1. The van der Waals surface area contributed by atoms with E-state index in [-0.39, 0.29) is 10.9 Å². The van der Waals surface area contributed by atoms with E-state index in [0.29, 0.717) is 36.8 Å². The summed E-state index contributed by atoms with van der Waals surface area (Å²) >= 11 is 5.93. The molecule has 8 heteroatoms. The second-order valence-corrected chi connectivity index (χ2v) is 8.75. The maximum absolute atomic E-state index is 12.7. The molecule has 6 nitrogen and oxygen atoms in total. The lowest BCUT2D eigenvalue weighted by Gasteiger charge is -2.28. The van der Waals surface area contributed by atoms with Crippen molar-refractivity contribution in [1.29, 1.82) is 0 Å². The van der Waals surface area contributed by atoms with Crippen LogP contribution in [0, 0.1) is 0 Å². The van der Waals surface area contributed by atoms with Gasteiger partial charge in [-0.25, -0.2) is 8.42 Å². The third-order valence-corrected chi connectivity index (χ3v) is 6.21. The predicted octanol–water partition coefficient (Wildman–Crippen LogP) is 3.45. The normalized spacial score (nSPS) is 14.4. The number of halogens is 1. The number of rotatable bonds is 7. The molecule has 0 saturated heterocycles. The van der Waals surface area contributed by atoms with Crippen molar-refractivity contribution in [2.45, 2.75) is 31.2 Å². The molecular weight excluding hydrogens is 400 g/mol. The van der Waals surface area contributed by atoms with Gasteiger partial charge in [0, 0.05) is 24.7 Å². The van der Waals surface area contributed by atoms with E-state index in [1.807, 2.05) is 6.07 Å². The monoisotopic (exact) mass is 422 g/mol. The molecule has 0 radical (unpaired) electrons. The Balaban J connectivity index is 1.72. The molecule has 0 saturated carbocycles. The number of benzene rings is 2. The van der Waals surface area contributed by atoms with Crippen LogP contribution in [0.25, 0.3) is 0 Å². The fourth-order valence-electron chi connectivity index (χ4n) is 3.20. The zero-order valence-corrected chi connectivity index (χ0v) is 17.2. The molecule has 0 amide bonds. The largest absolute Gasteiger partial charge is 0.466 e. The molecule has 2 aromatic carbocycles. The molecule has 0 aromatic heterocycles. The maximum Gasteiger partial charge on any atom is 0.307 e. The molecule has 0 atom stereocenters. The second kappa shape index (κ2) is 8.94. The standard InChI is InChI=1S/C20H23ClN2O4S/c1-2-27-20(24)9-11-23-10-8-15-6-7-19(12-16(15)14-23)28(25,26)22-18-5-3-4-17(21)13-18/h3-7,12-13,22H,2,8-11,14H2,1H3. The first-order valence-electron chi connectivity index (χ1n) is 9.15. The Bertz CT molecular complexity index is 962. The van der Waals surface area contributed by atoms with Crippen LogP contribution in [0.1, 0.15) is 24.5 Å². The van der Waals surface area contributed by atoms with Crippen LogP contribution in [-0.4, -0.2) is 39.0 Å². The summed E-state index contributed by atoms with van der Waals surface area (Å²) in [6, 6.07) is 11.8. The first kappa shape index (κ1) is 20.6. The highest BCUT2D eigenvalue weighted by atomic mass is 35.5. The van der Waals surface area contributed by atoms with Gasteiger partial charge in [-0.15, -0.1) is 0 Å². The molecule has 1 N–H and O–H groups in total. The van der Waals surface area contributed by atoms with Gasteiger partial charge in [0.25, 0.3) is 10.0 Å². The average molecular weight is 423 g/mol. The average Bonchev–Trinajstić information content (AvgIpc) is 2.65. The summed E-state index contributed by atoms with van der Waals surface area (Å²) in [7, 11) is -3.72. The number of hydrogen-bond acceptors (Lipinski definition) is 5. The van der Waals surface area contributed by atoms with Crippen molar-refractivity contribution in [3.63, 3.8) is 0 Å². The van der Waals surface area contributed by atoms with E-state index in [0.717, 1.165) is 24.1 Å². The Hall–Kier alpha value is -2.09. The number of esters is 1. The fourth-order valence-corrected chi connectivity index (χ4v) is 4.49. The molecule has 1 aliphatic heterocycles. The zero-order chi connectivity index (χ0) is 20.1. The first-order chi connectivity index (χ1) is 13.4. The molecule has 0 spiro atoms. The Morgan fingerprint density at radius 3 is 2.79 bits per heavy atom. The number of fused-ring (bicyclic) bond motifs is 1. The molecule has 1 aliphatic rings. The highest BCUT2D eigenvalue weighted by Crippen LogP contribution is 2.25. The van der Waals surface area contributed by atoms with Gasteiger partial charge in [-0.2, -0.15) is 0 Å². The Morgan fingerprint density at radius 1 is 1.21 bits per heavy atom. The van der Waals surface area contributed by atoms with Crippen molar-refractivity contribution < 1.29 is 17.9 Å². The van der Waals surface area contributed by atoms with Crippen LogP contribution in [-0.2, 0) is 32.5 Å². The van der Waals surface area contributed by atoms with E-state index in [1.54, 1.807) is 43.3 Å². The number of carbonyl (C=O) groups is 1. The van der Waals surface area contributed by atoms with Gasteiger partial charge in [0.15, 0.2) is 0 Å². The van der Waals surface area contributed by atoms with Crippen molar-refractivity contribution >= 4 is 33.3 Å². The smallest absolute Gasteiger partial charge is 0.307 e. The van der Waals surface area contributed by atoms with Crippen molar-refractivity contribution in [3.8, 4) is 0 Å². The SMILES string of the molecule is CCOC(=O)CCN1CCc2ccc(S(=O)(=O)Nc3cccc(Cl)c3)cc2C1. The number of ether oxygens (including phenoxy) is 1. The molecular formula is C20H23ClN2O4S. The summed E-state index contributed by atoms with van der Waals surface area (Å²) in [6.45, 7) is 4.20. The molecule has 0 bridgehead atoms. The minimum Gasteiger partial charge on any atom is -0.466 e. The summed E-state index contributed by atoms with van der Waals surface area (Å²) in [5, 5.41) is 0.461. The number of anilines is 1. The lowest BCUT2D eigenvalue weighted by molar-refractivity contribution is -0.143. The highest BCUT2D eigenvalue weighted by molar-refractivity contribution is 7.92. The van der Waals surface area contributed by atoms with E-state index < -0.39 is 10.0 Å². The zero-order valence-electron chi connectivity index (χ0n) is 15.7. The van der Waals surface area contributed by atoms with Gasteiger partial charge in [-0.3, -0.25) is 14.4 Å². The van der Waals surface area contributed by atoms with E-state index in [1.165, 1.54) is 0 Å². The van der Waals surface area contributed by atoms with Gasteiger partial charge < -0.3 is 4.74 Å². The van der Waals surface area contributed by atoms with Gasteiger partial charge in [0.05, 0.1) is 23.6 Å². The quantitative estimate of drug-likeness (QED) is 0.691. The number of hydrogen-bond donors (Lipinski definition) is 1. The lowest BCUT2D eigenvalue weighted by Crippen LogP contribution is -2.32. The Kier molecular flexibility index (Phi) is 6.59. The first-order valence-corrected chi connectivity index (χ1v) is 11.0. The van der Waals surface area contributed by atoms with Crippen molar-refractivity contribution in [2.75, 3.05) is 24.4 Å². The summed E-state index contributed by atoms with van der Waals surface area (Å²) in [5.41, 5.74) is 2.51. The molecule has 0 unspecified atom stereocenters. The van der Waals surface area contributed by atoms with Gasteiger partial charge in [0.1, 0.15) is 0 Å².